The molecule has 5 nitrogen and oxygen atoms in total. The first kappa shape index (κ1) is 12.9. The van der Waals surface area contributed by atoms with Gasteiger partial charge in [-0.3, -0.25) is 9.59 Å². The van der Waals surface area contributed by atoms with Crippen molar-refractivity contribution in [2.75, 3.05) is 13.1 Å². The average Bonchev–Trinajstić information content (AvgIpc) is 3.01. The number of amides is 1. The highest BCUT2D eigenvalue weighted by atomic mass is 16.4. The molecule has 3 rings (SSSR count). The van der Waals surface area contributed by atoms with E-state index in [1.807, 2.05) is 6.92 Å². The number of aliphatic carboxylic acids is 1. The number of nitrogens with two attached hydrogens (primary N) is 1. The molecule has 0 radical (unpaired) electrons. The minimum Gasteiger partial charge on any atom is -0.481 e. The number of nitrogens with zero attached hydrogens (tertiary/aromatic N) is 1. The zero-order valence-electron chi connectivity index (χ0n) is 11.3. The van der Waals surface area contributed by atoms with Crippen LogP contribution in [0.2, 0.25) is 0 Å². The second-order valence-electron chi connectivity index (χ2n) is 6.60. The highest BCUT2D eigenvalue weighted by Crippen LogP contribution is 2.48. The molecule has 106 valence electrons. The summed E-state index contributed by atoms with van der Waals surface area (Å²) in [5, 5.41) is 9.14. The van der Waals surface area contributed by atoms with Gasteiger partial charge in [-0.05, 0) is 37.0 Å². The van der Waals surface area contributed by atoms with Crippen LogP contribution in [0.3, 0.4) is 0 Å². The second-order valence-corrected chi connectivity index (χ2v) is 6.60. The van der Waals surface area contributed by atoms with Crippen molar-refractivity contribution in [1.29, 1.82) is 0 Å². The predicted molar refractivity (Wildman–Crippen MR) is 69.2 cm³/mol. The monoisotopic (exact) mass is 266 g/mol. The first-order valence-corrected chi connectivity index (χ1v) is 7.26. The van der Waals surface area contributed by atoms with Crippen molar-refractivity contribution in [3.63, 3.8) is 0 Å². The van der Waals surface area contributed by atoms with Crippen LogP contribution in [0.1, 0.15) is 26.2 Å². The summed E-state index contributed by atoms with van der Waals surface area (Å²) in [6.07, 6.45) is 3.35. The molecule has 2 bridgehead atoms. The van der Waals surface area contributed by atoms with Crippen LogP contribution in [0.15, 0.2) is 0 Å². The molecular formula is C14H22N2O3. The van der Waals surface area contributed by atoms with E-state index in [1.54, 1.807) is 4.90 Å². The fourth-order valence-electron chi connectivity index (χ4n) is 4.38. The van der Waals surface area contributed by atoms with Gasteiger partial charge in [-0.25, -0.2) is 0 Å². The maximum atomic E-state index is 12.6. The molecule has 0 spiro atoms. The fourth-order valence-corrected chi connectivity index (χ4v) is 4.38. The third-order valence-corrected chi connectivity index (χ3v) is 5.51. The van der Waals surface area contributed by atoms with E-state index in [9.17, 15) is 9.59 Å². The van der Waals surface area contributed by atoms with E-state index in [0.717, 1.165) is 19.3 Å². The summed E-state index contributed by atoms with van der Waals surface area (Å²) in [6, 6.07) is -0.00886. The Bertz CT molecular complexity index is 409. The summed E-state index contributed by atoms with van der Waals surface area (Å²) >= 11 is 0. The van der Waals surface area contributed by atoms with Crippen LogP contribution >= 0.6 is 0 Å². The predicted octanol–water partition coefficient (Wildman–Crippen LogP) is 0.539. The zero-order chi connectivity index (χ0) is 13.7. The summed E-state index contributed by atoms with van der Waals surface area (Å²) in [5.74, 6) is -0.176. The van der Waals surface area contributed by atoms with Gasteiger partial charge in [0.1, 0.15) is 0 Å². The Hall–Kier alpha value is -1.10. The Labute approximate surface area is 113 Å². The normalized spacial score (nSPS) is 44.8. The molecule has 3 fully saturated rings. The lowest BCUT2D eigenvalue weighted by atomic mass is 9.84. The van der Waals surface area contributed by atoms with Crippen molar-refractivity contribution < 1.29 is 14.7 Å². The SMILES string of the molecule is CC1CN(C(=O)C2C3CCC(C3)C2N)CC1C(=O)O. The van der Waals surface area contributed by atoms with Gasteiger partial charge in [0.2, 0.25) is 5.91 Å². The molecule has 19 heavy (non-hydrogen) atoms. The van der Waals surface area contributed by atoms with Crippen LogP contribution in [0.25, 0.3) is 0 Å². The van der Waals surface area contributed by atoms with Gasteiger partial charge < -0.3 is 15.7 Å². The van der Waals surface area contributed by atoms with Gasteiger partial charge >= 0.3 is 5.97 Å². The number of fused-ring (bicyclic) bond motifs is 2. The number of carboxylic acid groups (broad SMARTS) is 1. The third kappa shape index (κ3) is 1.95. The summed E-state index contributed by atoms with van der Waals surface area (Å²) in [4.78, 5) is 25.5. The van der Waals surface area contributed by atoms with Crippen molar-refractivity contribution in [3.05, 3.63) is 0 Å². The van der Waals surface area contributed by atoms with E-state index >= 15 is 0 Å². The zero-order valence-corrected chi connectivity index (χ0v) is 11.3. The summed E-state index contributed by atoms with van der Waals surface area (Å²) < 4.78 is 0. The van der Waals surface area contributed by atoms with Crippen LogP contribution in [0.4, 0.5) is 0 Å². The number of hydrogen-bond acceptors (Lipinski definition) is 3. The van der Waals surface area contributed by atoms with Gasteiger partial charge in [-0.2, -0.15) is 0 Å². The molecule has 1 saturated heterocycles. The molecule has 2 saturated carbocycles. The Morgan fingerprint density at radius 2 is 1.89 bits per heavy atom. The smallest absolute Gasteiger partial charge is 0.308 e. The molecule has 2 aliphatic carbocycles. The van der Waals surface area contributed by atoms with Crippen LogP contribution < -0.4 is 5.73 Å². The molecule has 1 aliphatic heterocycles. The minimum absolute atomic E-state index is 0.00886. The quantitative estimate of drug-likeness (QED) is 0.764. The molecule has 6 atom stereocenters. The van der Waals surface area contributed by atoms with Crippen molar-refractivity contribution >= 4 is 11.9 Å². The van der Waals surface area contributed by atoms with E-state index in [-0.39, 0.29) is 23.8 Å². The van der Waals surface area contributed by atoms with E-state index in [2.05, 4.69) is 0 Å². The van der Waals surface area contributed by atoms with E-state index < -0.39 is 11.9 Å². The molecule has 1 heterocycles. The molecule has 3 N–H and O–H groups in total. The summed E-state index contributed by atoms with van der Waals surface area (Å²) in [7, 11) is 0. The van der Waals surface area contributed by atoms with Gasteiger partial charge in [0.25, 0.3) is 0 Å². The van der Waals surface area contributed by atoms with Gasteiger partial charge in [0.05, 0.1) is 11.8 Å². The number of hydrogen-bond donors (Lipinski definition) is 2. The Morgan fingerprint density at radius 1 is 1.21 bits per heavy atom. The highest BCUT2D eigenvalue weighted by Gasteiger charge is 2.51. The van der Waals surface area contributed by atoms with Crippen LogP contribution in [-0.2, 0) is 9.59 Å². The van der Waals surface area contributed by atoms with Gasteiger partial charge in [-0.1, -0.05) is 6.92 Å². The number of rotatable bonds is 2. The van der Waals surface area contributed by atoms with E-state index in [0.29, 0.717) is 24.9 Å². The van der Waals surface area contributed by atoms with E-state index in [1.165, 1.54) is 0 Å². The van der Waals surface area contributed by atoms with Gasteiger partial charge in [0.15, 0.2) is 0 Å². The van der Waals surface area contributed by atoms with E-state index in [4.69, 9.17) is 10.8 Å². The lowest BCUT2D eigenvalue weighted by Gasteiger charge is -2.30. The maximum absolute atomic E-state index is 12.6. The third-order valence-electron chi connectivity index (χ3n) is 5.51. The molecule has 0 aromatic rings. The summed E-state index contributed by atoms with van der Waals surface area (Å²) in [5.41, 5.74) is 6.20. The first-order chi connectivity index (χ1) is 8.99. The molecular weight excluding hydrogens is 244 g/mol. The number of carboxylic acids is 1. The molecule has 5 heteroatoms. The second kappa shape index (κ2) is 4.47. The van der Waals surface area contributed by atoms with Gasteiger partial charge in [0, 0.05) is 19.1 Å². The largest absolute Gasteiger partial charge is 0.481 e. The minimum atomic E-state index is -0.792. The molecule has 1 amide bonds. The van der Waals surface area contributed by atoms with Gasteiger partial charge in [-0.15, -0.1) is 0 Å². The lowest BCUT2D eigenvalue weighted by Crippen LogP contribution is -2.46. The Kier molecular flexibility index (Phi) is 3.04. The summed E-state index contributed by atoms with van der Waals surface area (Å²) in [6.45, 7) is 2.83. The molecule has 0 aromatic heterocycles. The van der Waals surface area contributed by atoms with Crippen LogP contribution in [-0.4, -0.2) is 41.0 Å². The Balaban J connectivity index is 1.70. The Morgan fingerprint density at radius 3 is 2.42 bits per heavy atom. The van der Waals surface area contributed by atoms with Crippen molar-refractivity contribution in [2.24, 2.45) is 35.3 Å². The number of carbonyl (C=O) groups is 2. The standard InChI is InChI=1S/C14H22N2O3/c1-7-5-16(6-10(7)14(18)19)13(17)11-8-2-3-9(4-8)12(11)15/h7-12H,2-6,15H2,1H3,(H,18,19). The highest BCUT2D eigenvalue weighted by molar-refractivity contribution is 5.82. The fraction of sp³-hybridized carbons (Fsp3) is 0.857. The number of likely N-dealkylation sites (tertiary alicyclic amines) is 1. The molecule has 6 unspecified atom stereocenters. The van der Waals surface area contributed by atoms with Crippen molar-refractivity contribution in [1.82, 2.24) is 4.90 Å². The first-order valence-electron chi connectivity index (χ1n) is 7.26. The maximum Gasteiger partial charge on any atom is 0.308 e. The number of carbonyl (C=O) groups excluding carboxylic acids is 1. The van der Waals surface area contributed by atoms with Crippen molar-refractivity contribution in [3.8, 4) is 0 Å². The van der Waals surface area contributed by atoms with Crippen LogP contribution in [0, 0.1) is 29.6 Å². The average molecular weight is 266 g/mol. The van der Waals surface area contributed by atoms with Crippen LogP contribution in [0.5, 0.6) is 0 Å². The topological polar surface area (TPSA) is 83.6 Å². The van der Waals surface area contributed by atoms with Crippen molar-refractivity contribution in [2.45, 2.75) is 32.2 Å². The lowest BCUT2D eigenvalue weighted by molar-refractivity contribution is -0.142. The molecule has 3 aliphatic rings. The molecule has 0 aromatic carbocycles.